The van der Waals surface area contributed by atoms with Crippen molar-refractivity contribution in [2.24, 2.45) is 5.73 Å². The molecule has 1 aliphatic heterocycles. The molecule has 0 aromatic heterocycles. The van der Waals surface area contributed by atoms with E-state index in [0.717, 1.165) is 4.47 Å². The van der Waals surface area contributed by atoms with Crippen LogP contribution in [0.1, 0.15) is 18.0 Å². The average molecular weight is 331 g/mol. The maximum Gasteiger partial charge on any atom is 0.224 e. The summed E-state index contributed by atoms with van der Waals surface area (Å²) in [7, 11) is 1.58. The van der Waals surface area contributed by atoms with Crippen molar-refractivity contribution in [3.63, 3.8) is 0 Å². The number of hydrogen-bond acceptors (Lipinski definition) is 3. The number of halogens is 2. The van der Waals surface area contributed by atoms with Gasteiger partial charge in [-0.3, -0.25) is 4.79 Å². The molecule has 1 fully saturated rings. The fourth-order valence-corrected chi connectivity index (χ4v) is 2.89. The summed E-state index contributed by atoms with van der Waals surface area (Å²) in [5, 5.41) is 0. The van der Waals surface area contributed by atoms with Gasteiger partial charge in [0.05, 0.1) is 12.6 Å². The Labute approximate surface area is 119 Å². The van der Waals surface area contributed by atoms with Gasteiger partial charge in [-0.05, 0) is 23.8 Å². The van der Waals surface area contributed by atoms with Crippen molar-refractivity contribution < 1.29 is 13.9 Å². The van der Waals surface area contributed by atoms with Crippen LogP contribution in [0.5, 0.6) is 0 Å². The van der Waals surface area contributed by atoms with Crippen LogP contribution in [-0.4, -0.2) is 37.1 Å². The molecule has 104 valence electrons. The number of ether oxygens (including phenoxy) is 1. The first-order chi connectivity index (χ1) is 9.04. The molecule has 2 atom stereocenters. The highest BCUT2D eigenvalue weighted by Crippen LogP contribution is 2.36. The summed E-state index contributed by atoms with van der Waals surface area (Å²) in [6.07, 6.45) is 0.275. The average Bonchev–Trinajstić information content (AvgIpc) is 2.64. The summed E-state index contributed by atoms with van der Waals surface area (Å²) in [4.78, 5) is 13.6. The molecular weight excluding hydrogens is 315 g/mol. The molecule has 0 saturated carbocycles. The maximum atomic E-state index is 13.4. The fraction of sp³-hybridized carbons (Fsp3) is 0.462. The van der Waals surface area contributed by atoms with Gasteiger partial charge in [0.25, 0.3) is 0 Å². The second-order valence-electron chi connectivity index (χ2n) is 4.56. The number of carbonyl (C=O) groups is 1. The van der Waals surface area contributed by atoms with Gasteiger partial charge >= 0.3 is 0 Å². The van der Waals surface area contributed by atoms with Crippen LogP contribution in [-0.2, 0) is 9.53 Å². The highest BCUT2D eigenvalue weighted by Gasteiger charge is 2.39. The van der Waals surface area contributed by atoms with E-state index in [9.17, 15) is 9.18 Å². The van der Waals surface area contributed by atoms with E-state index in [1.807, 2.05) is 0 Å². The summed E-state index contributed by atoms with van der Waals surface area (Å²) in [5.41, 5.74) is 6.74. The van der Waals surface area contributed by atoms with Gasteiger partial charge in [-0.25, -0.2) is 4.39 Å². The van der Waals surface area contributed by atoms with Gasteiger partial charge in [-0.15, -0.1) is 0 Å². The standard InChI is InChI=1S/C13H16BrFN2O2/c1-19-5-4-17-12(18)7-11(16)13(17)9-6-8(15)2-3-10(9)14/h2-3,6,11,13H,4-5,7,16H2,1H3. The maximum absolute atomic E-state index is 13.4. The first-order valence-electron chi connectivity index (χ1n) is 6.03. The Balaban J connectivity index is 2.33. The van der Waals surface area contributed by atoms with Crippen molar-refractivity contribution in [3.8, 4) is 0 Å². The Hall–Kier alpha value is -0.980. The summed E-state index contributed by atoms with van der Waals surface area (Å²) < 4.78 is 19.2. The van der Waals surface area contributed by atoms with Gasteiger partial charge in [-0.2, -0.15) is 0 Å². The first kappa shape index (κ1) is 14.4. The Morgan fingerprint density at radius 1 is 1.58 bits per heavy atom. The first-order valence-corrected chi connectivity index (χ1v) is 6.83. The Bertz CT molecular complexity index is 484. The summed E-state index contributed by atoms with van der Waals surface area (Å²) in [5.74, 6) is -0.359. The molecular formula is C13H16BrFN2O2. The SMILES string of the molecule is COCCN1C(=O)CC(N)C1c1cc(F)ccc1Br. The second-order valence-corrected chi connectivity index (χ2v) is 5.41. The molecule has 1 aromatic rings. The normalized spacial score (nSPS) is 23.2. The lowest BCUT2D eigenvalue weighted by Crippen LogP contribution is -2.35. The topological polar surface area (TPSA) is 55.6 Å². The number of hydrogen-bond donors (Lipinski definition) is 1. The predicted octanol–water partition coefficient (Wildman–Crippen LogP) is 1.84. The molecule has 6 heteroatoms. The number of carbonyl (C=O) groups excluding carboxylic acids is 1. The molecule has 0 bridgehead atoms. The van der Waals surface area contributed by atoms with E-state index in [0.29, 0.717) is 18.7 Å². The predicted molar refractivity (Wildman–Crippen MR) is 73.0 cm³/mol. The van der Waals surface area contributed by atoms with Gasteiger partial charge in [0, 0.05) is 30.6 Å². The number of methoxy groups -OCH3 is 1. The van der Waals surface area contributed by atoms with Gasteiger partial charge in [0.1, 0.15) is 5.82 Å². The molecule has 0 aliphatic carbocycles. The molecule has 2 rings (SSSR count). The summed E-state index contributed by atoms with van der Waals surface area (Å²) in [6.45, 7) is 0.887. The van der Waals surface area contributed by atoms with E-state index in [2.05, 4.69) is 15.9 Å². The third kappa shape index (κ3) is 2.96. The lowest BCUT2D eigenvalue weighted by Gasteiger charge is -2.27. The molecule has 19 heavy (non-hydrogen) atoms. The highest BCUT2D eigenvalue weighted by molar-refractivity contribution is 9.10. The fourth-order valence-electron chi connectivity index (χ4n) is 2.41. The number of nitrogens with two attached hydrogens (primary N) is 1. The number of benzene rings is 1. The molecule has 1 saturated heterocycles. The molecule has 0 radical (unpaired) electrons. The van der Waals surface area contributed by atoms with E-state index < -0.39 is 0 Å². The summed E-state index contributed by atoms with van der Waals surface area (Å²) >= 11 is 3.39. The molecule has 1 amide bonds. The third-order valence-corrected chi connectivity index (χ3v) is 4.01. The van der Waals surface area contributed by atoms with Crippen LogP contribution in [0.2, 0.25) is 0 Å². The number of amides is 1. The zero-order valence-corrected chi connectivity index (χ0v) is 12.2. The Morgan fingerprint density at radius 2 is 2.32 bits per heavy atom. The summed E-state index contributed by atoms with van der Waals surface area (Å²) in [6, 6.07) is 3.78. The van der Waals surface area contributed by atoms with Crippen LogP contribution in [0.25, 0.3) is 0 Å². The molecule has 0 spiro atoms. The van der Waals surface area contributed by atoms with Crippen LogP contribution in [0.15, 0.2) is 22.7 Å². The number of likely N-dealkylation sites (tertiary alicyclic amines) is 1. The largest absolute Gasteiger partial charge is 0.383 e. The van der Waals surface area contributed by atoms with Crippen LogP contribution >= 0.6 is 15.9 Å². The number of nitrogens with zero attached hydrogens (tertiary/aromatic N) is 1. The minimum Gasteiger partial charge on any atom is -0.383 e. The monoisotopic (exact) mass is 330 g/mol. The minimum atomic E-state index is -0.337. The van der Waals surface area contributed by atoms with Crippen LogP contribution in [0, 0.1) is 5.82 Å². The second kappa shape index (κ2) is 5.98. The molecule has 2 N–H and O–H groups in total. The van der Waals surface area contributed by atoms with Crippen molar-refractivity contribution in [2.45, 2.75) is 18.5 Å². The van der Waals surface area contributed by atoms with Crippen molar-refractivity contribution in [3.05, 3.63) is 34.1 Å². The van der Waals surface area contributed by atoms with Crippen LogP contribution < -0.4 is 5.73 Å². The number of rotatable bonds is 4. The van der Waals surface area contributed by atoms with Crippen molar-refractivity contribution in [1.29, 1.82) is 0 Å². The van der Waals surface area contributed by atoms with E-state index in [1.165, 1.54) is 12.1 Å². The zero-order chi connectivity index (χ0) is 14.0. The molecule has 1 aromatic carbocycles. The smallest absolute Gasteiger partial charge is 0.224 e. The van der Waals surface area contributed by atoms with Gasteiger partial charge < -0.3 is 15.4 Å². The Morgan fingerprint density at radius 3 is 3.00 bits per heavy atom. The molecule has 1 heterocycles. The van der Waals surface area contributed by atoms with E-state index in [1.54, 1.807) is 18.1 Å². The lowest BCUT2D eigenvalue weighted by atomic mass is 10.0. The van der Waals surface area contributed by atoms with Crippen LogP contribution in [0.3, 0.4) is 0 Å². The van der Waals surface area contributed by atoms with Gasteiger partial charge in [-0.1, -0.05) is 15.9 Å². The zero-order valence-electron chi connectivity index (χ0n) is 10.6. The van der Waals surface area contributed by atoms with Crippen LogP contribution in [0.4, 0.5) is 4.39 Å². The third-order valence-electron chi connectivity index (χ3n) is 3.29. The molecule has 4 nitrogen and oxygen atoms in total. The molecule has 1 aliphatic rings. The van der Waals surface area contributed by atoms with Crippen molar-refractivity contribution >= 4 is 21.8 Å². The van der Waals surface area contributed by atoms with Crippen molar-refractivity contribution in [1.82, 2.24) is 4.90 Å². The lowest BCUT2D eigenvalue weighted by molar-refractivity contribution is -0.129. The minimum absolute atomic E-state index is 0.0225. The van der Waals surface area contributed by atoms with E-state index in [-0.39, 0.29) is 30.2 Å². The van der Waals surface area contributed by atoms with Gasteiger partial charge in [0.15, 0.2) is 0 Å². The van der Waals surface area contributed by atoms with E-state index in [4.69, 9.17) is 10.5 Å². The Kier molecular flexibility index (Phi) is 4.54. The quantitative estimate of drug-likeness (QED) is 0.916. The molecule has 2 unspecified atom stereocenters. The van der Waals surface area contributed by atoms with Crippen molar-refractivity contribution in [2.75, 3.05) is 20.3 Å². The van der Waals surface area contributed by atoms with Gasteiger partial charge in [0.2, 0.25) is 5.91 Å². The highest BCUT2D eigenvalue weighted by atomic mass is 79.9. The van der Waals surface area contributed by atoms with E-state index >= 15 is 0 Å².